The number of carbonyl (C=O) groups is 2. The lowest BCUT2D eigenvalue weighted by atomic mass is 9.99. The van der Waals surface area contributed by atoms with Crippen LogP contribution in [0.1, 0.15) is 25.8 Å². The first-order valence-corrected chi connectivity index (χ1v) is 6.23. The molecule has 1 aliphatic heterocycles. The number of nitriles is 1. The zero-order valence-corrected chi connectivity index (χ0v) is 10.9. The number of rotatable bonds is 3. The predicted molar refractivity (Wildman–Crippen MR) is 70.4 cm³/mol. The minimum atomic E-state index is -0.465. The van der Waals surface area contributed by atoms with Gasteiger partial charge in [0.1, 0.15) is 6.04 Å². The Balaban J connectivity index is 2.27. The van der Waals surface area contributed by atoms with E-state index < -0.39 is 12.1 Å². The van der Waals surface area contributed by atoms with E-state index in [1.165, 1.54) is 0 Å². The lowest BCUT2D eigenvalue weighted by Gasteiger charge is -2.16. The molecule has 0 aromatic heterocycles. The van der Waals surface area contributed by atoms with Crippen LogP contribution >= 0.6 is 0 Å². The van der Waals surface area contributed by atoms with E-state index in [9.17, 15) is 9.59 Å². The summed E-state index contributed by atoms with van der Waals surface area (Å²) in [6.07, 6.45) is 0.817. The lowest BCUT2D eigenvalue weighted by molar-refractivity contribution is -0.119. The van der Waals surface area contributed by atoms with Crippen LogP contribution in [0, 0.1) is 17.2 Å². The molecule has 1 fully saturated rings. The first-order valence-electron chi connectivity index (χ1n) is 6.23. The van der Waals surface area contributed by atoms with Crippen molar-refractivity contribution in [1.29, 1.82) is 5.26 Å². The van der Waals surface area contributed by atoms with Gasteiger partial charge in [0.2, 0.25) is 0 Å². The van der Waals surface area contributed by atoms with Crippen LogP contribution in [-0.4, -0.2) is 18.0 Å². The molecule has 2 rings (SSSR count). The maximum absolute atomic E-state index is 12.2. The van der Waals surface area contributed by atoms with Crippen molar-refractivity contribution >= 4 is 17.6 Å². The van der Waals surface area contributed by atoms with Crippen LogP contribution in [-0.2, 0) is 4.79 Å². The van der Waals surface area contributed by atoms with Crippen LogP contribution in [0.5, 0.6) is 0 Å². The number of nitrogens with zero attached hydrogens (tertiary/aromatic N) is 2. The largest absolute Gasteiger partial charge is 0.329 e. The number of carbonyl (C=O) groups excluding carboxylic acids is 2. The molecule has 98 valence electrons. The molecule has 5 heteroatoms. The fraction of sp³-hybridized carbons (Fsp3) is 0.357. The van der Waals surface area contributed by atoms with Gasteiger partial charge in [0.25, 0.3) is 5.91 Å². The monoisotopic (exact) mass is 257 g/mol. The minimum Gasteiger partial charge on any atom is -0.325 e. The highest BCUT2D eigenvalue weighted by atomic mass is 16.2. The molecule has 1 aliphatic rings. The van der Waals surface area contributed by atoms with Crippen LogP contribution < -0.4 is 10.2 Å². The first-order chi connectivity index (χ1) is 9.08. The Morgan fingerprint density at radius 3 is 2.53 bits per heavy atom. The van der Waals surface area contributed by atoms with Gasteiger partial charge in [-0.3, -0.25) is 4.79 Å². The van der Waals surface area contributed by atoms with Gasteiger partial charge in [0.15, 0.2) is 0 Å². The highest BCUT2D eigenvalue weighted by Gasteiger charge is 2.41. The Morgan fingerprint density at radius 2 is 2.00 bits per heavy atom. The number of imide groups is 1. The van der Waals surface area contributed by atoms with Crippen molar-refractivity contribution < 1.29 is 9.59 Å². The summed E-state index contributed by atoms with van der Waals surface area (Å²) in [6, 6.07) is 7.52. The second-order valence-electron chi connectivity index (χ2n) is 4.65. The Hall–Kier alpha value is -2.35. The second kappa shape index (κ2) is 5.11. The number of anilines is 1. The smallest absolute Gasteiger partial charge is 0.325 e. The Bertz CT molecular complexity index is 545. The van der Waals surface area contributed by atoms with Gasteiger partial charge in [0.05, 0.1) is 17.3 Å². The van der Waals surface area contributed by atoms with E-state index in [0.717, 1.165) is 11.3 Å². The fourth-order valence-electron chi connectivity index (χ4n) is 2.05. The highest BCUT2D eigenvalue weighted by Crippen LogP contribution is 2.23. The van der Waals surface area contributed by atoms with Gasteiger partial charge in [-0.15, -0.1) is 0 Å². The molecule has 0 radical (unpaired) electrons. The zero-order valence-electron chi connectivity index (χ0n) is 10.9. The van der Waals surface area contributed by atoms with Gasteiger partial charge in [-0.05, 0) is 30.2 Å². The van der Waals surface area contributed by atoms with Crippen molar-refractivity contribution in [3.8, 4) is 6.07 Å². The standard InChI is InChI=1S/C14H15N3O2/c1-3-9(2)12-13(18)17(14(19)16-12)11-6-4-10(8-15)5-7-11/h4-7,9,12H,3H2,1-2H3,(H,16,19). The quantitative estimate of drug-likeness (QED) is 0.842. The van der Waals surface area contributed by atoms with Crippen molar-refractivity contribution in [2.24, 2.45) is 5.92 Å². The maximum atomic E-state index is 12.2. The van der Waals surface area contributed by atoms with Gasteiger partial charge in [-0.1, -0.05) is 20.3 Å². The Labute approximate surface area is 111 Å². The van der Waals surface area contributed by atoms with Crippen molar-refractivity contribution in [3.05, 3.63) is 29.8 Å². The third kappa shape index (κ3) is 2.29. The van der Waals surface area contributed by atoms with Gasteiger partial charge < -0.3 is 5.32 Å². The minimum absolute atomic E-state index is 0.0971. The third-order valence-electron chi connectivity index (χ3n) is 3.44. The lowest BCUT2D eigenvalue weighted by Crippen LogP contribution is -2.35. The van der Waals surface area contributed by atoms with Crippen LogP contribution in [0.25, 0.3) is 0 Å². The summed E-state index contributed by atoms with van der Waals surface area (Å²) < 4.78 is 0. The molecule has 3 amide bonds. The van der Waals surface area contributed by atoms with Crippen molar-refractivity contribution in [2.45, 2.75) is 26.3 Å². The average molecular weight is 257 g/mol. The van der Waals surface area contributed by atoms with E-state index in [0.29, 0.717) is 11.3 Å². The number of hydrogen-bond donors (Lipinski definition) is 1. The summed E-state index contributed by atoms with van der Waals surface area (Å²) in [4.78, 5) is 25.3. The molecule has 0 bridgehead atoms. The summed E-state index contributed by atoms with van der Waals surface area (Å²) >= 11 is 0. The van der Waals surface area contributed by atoms with Crippen molar-refractivity contribution in [3.63, 3.8) is 0 Å². The molecule has 1 aromatic rings. The molecule has 0 aliphatic carbocycles. The van der Waals surface area contributed by atoms with Gasteiger partial charge >= 0.3 is 6.03 Å². The SMILES string of the molecule is CCC(C)C1NC(=O)N(c2ccc(C#N)cc2)C1=O. The number of urea groups is 1. The molecule has 1 N–H and O–H groups in total. The van der Waals surface area contributed by atoms with Crippen LogP contribution in [0.4, 0.5) is 10.5 Å². The Kier molecular flexibility index (Phi) is 3.52. The summed E-state index contributed by atoms with van der Waals surface area (Å²) in [5.74, 6) is -0.135. The van der Waals surface area contributed by atoms with E-state index in [4.69, 9.17) is 5.26 Å². The first kappa shape index (κ1) is 13.1. The van der Waals surface area contributed by atoms with Crippen LogP contribution in [0.2, 0.25) is 0 Å². The topological polar surface area (TPSA) is 73.2 Å². The average Bonchev–Trinajstić information content (AvgIpc) is 2.73. The molecule has 0 saturated carbocycles. The summed E-state index contributed by atoms with van der Waals surface area (Å²) in [7, 11) is 0. The van der Waals surface area contributed by atoms with Crippen LogP contribution in [0.3, 0.4) is 0 Å². The summed E-state index contributed by atoms with van der Waals surface area (Å²) in [6.45, 7) is 3.92. The van der Waals surface area contributed by atoms with Crippen LogP contribution in [0.15, 0.2) is 24.3 Å². The van der Waals surface area contributed by atoms with E-state index in [-0.39, 0.29) is 11.8 Å². The molecule has 5 nitrogen and oxygen atoms in total. The molecular weight excluding hydrogens is 242 g/mol. The maximum Gasteiger partial charge on any atom is 0.329 e. The normalized spacial score (nSPS) is 20.1. The fourth-order valence-corrected chi connectivity index (χ4v) is 2.05. The Morgan fingerprint density at radius 1 is 1.37 bits per heavy atom. The molecular formula is C14H15N3O2. The predicted octanol–water partition coefficient (Wildman–Crippen LogP) is 2.03. The molecule has 1 heterocycles. The second-order valence-corrected chi connectivity index (χ2v) is 4.65. The summed E-state index contributed by atoms with van der Waals surface area (Å²) in [5.41, 5.74) is 0.988. The van der Waals surface area contributed by atoms with E-state index >= 15 is 0 Å². The van der Waals surface area contributed by atoms with Gasteiger partial charge in [-0.2, -0.15) is 5.26 Å². The molecule has 2 unspecified atom stereocenters. The number of amides is 3. The molecule has 1 aromatic carbocycles. The van der Waals surface area contributed by atoms with Gasteiger partial charge in [0, 0.05) is 0 Å². The molecule has 1 saturated heterocycles. The van der Waals surface area contributed by atoms with E-state index in [1.54, 1.807) is 24.3 Å². The van der Waals surface area contributed by atoms with E-state index in [2.05, 4.69) is 5.32 Å². The third-order valence-corrected chi connectivity index (χ3v) is 3.44. The van der Waals surface area contributed by atoms with E-state index in [1.807, 2.05) is 19.9 Å². The number of nitrogens with one attached hydrogen (secondary N) is 1. The number of benzene rings is 1. The highest BCUT2D eigenvalue weighted by molar-refractivity contribution is 6.21. The zero-order chi connectivity index (χ0) is 14.0. The molecule has 0 spiro atoms. The van der Waals surface area contributed by atoms with Crippen molar-refractivity contribution in [1.82, 2.24) is 5.32 Å². The van der Waals surface area contributed by atoms with Gasteiger partial charge in [-0.25, -0.2) is 9.69 Å². The number of hydrogen-bond acceptors (Lipinski definition) is 3. The van der Waals surface area contributed by atoms with Crippen molar-refractivity contribution in [2.75, 3.05) is 4.90 Å². The molecule has 19 heavy (non-hydrogen) atoms. The summed E-state index contributed by atoms with van der Waals surface area (Å²) in [5, 5.41) is 11.4. The molecule has 2 atom stereocenters.